The standard InChI is InChI=1S/C23H40O4/c1-5-8-10-11-12-16-19-22(24,21-17-14-13-15-18-21)23(25-4,26-7-3)27-20-9-6-2/h13-15,17-18,24H,5-12,16,19-20H2,1-4H3. The van der Waals surface area contributed by atoms with Crippen LogP contribution in [0.15, 0.2) is 30.3 Å². The minimum atomic E-state index is -1.50. The topological polar surface area (TPSA) is 47.9 Å². The Morgan fingerprint density at radius 3 is 2.04 bits per heavy atom. The van der Waals surface area contributed by atoms with Crippen molar-refractivity contribution < 1.29 is 19.3 Å². The van der Waals surface area contributed by atoms with E-state index in [1.807, 2.05) is 37.3 Å². The number of methoxy groups -OCH3 is 1. The van der Waals surface area contributed by atoms with Gasteiger partial charge in [-0.2, -0.15) is 0 Å². The van der Waals surface area contributed by atoms with E-state index >= 15 is 0 Å². The molecule has 0 aromatic heterocycles. The van der Waals surface area contributed by atoms with Crippen LogP contribution in [0.1, 0.15) is 84.1 Å². The van der Waals surface area contributed by atoms with Gasteiger partial charge < -0.3 is 19.3 Å². The van der Waals surface area contributed by atoms with Gasteiger partial charge in [-0.15, -0.1) is 0 Å². The van der Waals surface area contributed by atoms with Crippen molar-refractivity contribution in [2.24, 2.45) is 0 Å². The molecule has 2 unspecified atom stereocenters. The molecule has 1 aromatic rings. The van der Waals surface area contributed by atoms with Gasteiger partial charge in [0.1, 0.15) is 0 Å². The summed E-state index contributed by atoms with van der Waals surface area (Å²) < 4.78 is 17.8. The number of hydrogen-bond acceptors (Lipinski definition) is 4. The molecule has 2 atom stereocenters. The van der Waals surface area contributed by atoms with Crippen molar-refractivity contribution in [3.05, 3.63) is 35.9 Å². The Bertz CT molecular complexity index is 479. The quantitative estimate of drug-likeness (QED) is 0.292. The van der Waals surface area contributed by atoms with E-state index in [2.05, 4.69) is 13.8 Å². The van der Waals surface area contributed by atoms with Crippen molar-refractivity contribution in [2.45, 2.75) is 90.1 Å². The fraction of sp³-hybridized carbons (Fsp3) is 0.739. The number of hydrogen-bond donors (Lipinski definition) is 1. The van der Waals surface area contributed by atoms with E-state index in [0.29, 0.717) is 19.6 Å². The van der Waals surface area contributed by atoms with Crippen molar-refractivity contribution in [2.75, 3.05) is 20.3 Å². The highest BCUT2D eigenvalue weighted by Gasteiger charge is 2.55. The van der Waals surface area contributed by atoms with Gasteiger partial charge in [0.2, 0.25) is 0 Å². The van der Waals surface area contributed by atoms with Crippen LogP contribution in [0.5, 0.6) is 0 Å². The van der Waals surface area contributed by atoms with Crippen molar-refractivity contribution in [3.8, 4) is 0 Å². The van der Waals surface area contributed by atoms with Crippen LogP contribution in [0.3, 0.4) is 0 Å². The zero-order chi connectivity index (χ0) is 20.0. The van der Waals surface area contributed by atoms with Gasteiger partial charge in [-0.3, -0.25) is 0 Å². The van der Waals surface area contributed by atoms with Crippen LogP contribution >= 0.6 is 0 Å². The van der Waals surface area contributed by atoms with Gasteiger partial charge in [0.15, 0.2) is 5.60 Å². The third-order valence-corrected chi connectivity index (χ3v) is 5.04. The summed E-state index contributed by atoms with van der Waals surface area (Å²) in [5.74, 6) is -1.50. The molecule has 0 saturated carbocycles. The minimum Gasteiger partial charge on any atom is -0.377 e. The van der Waals surface area contributed by atoms with Crippen molar-refractivity contribution in [1.29, 1.82) is 0 Å². The molecule has 0 aliphatic carbocycles. The summed E-state index contributed by atoms with van der Waals surface area (Å²) in [6.07, 6.45) is 9.33. The predicted octanol–water partition coefficient (Wildman–Crippen LogP) is 5.78. The minimum absolute atomic E-state index is 0.394. The molecule has 0 heterocycles. The highest BCUT2D eigenvalue weighted by atomic mass is 16.9. The molecule has 27 heavy (non-hydrogen) atoms. The molecule has 0 bridgehead atoms. The van der Waals surface area contributed by atoms with E-state index < -0.39 is 11.6 Å². The van der Waals surface area contributed by atoms with E-state index in [1.165, 1.54) is 25.7 Å². The van der Waals surface area contributed by atoms with Gasteiger partial charge >= 0.3 is 5.97 Å². The average Bonchev–Trinajstić information content (AvgIpc) is 2.70. The molecule has 0 fully saturated rings. The molecule has 1 aromatic carbocycles. The Morgan fingerprint density at radius 2 is 1.44 bits per heavy atom. The molecule has 0 spiro atoms. The Balaban J connectivity index is 3.04. The van der Waals surface area contributed by atoms with Gasteiger partial charge in [0.05, 0.1) is 6.61 Å². The molecule has 0 amide bonds. The molecule has 4 heteroatoms. The second-order valence-corrected chi connectivity index (χ2v) is 7.14. The number of benzene rings is 1. The first kappa shape index (κ1) is 24.1. The van der Waals surface area contributed by atoms with Crippen molar-refractivity contribution >= 4 is 0 Å². The fourth-order valence-corrected chi connectivity index (χ4v) is 3.46. The maximum atomic E-state index is 11.9. The third-order valence-electron chi connectivity index (χ3n) is 5.04. The summed E-state index contributed by atoms with van der Waals surface area (Å²) in [4.78, 5) is 0. The van der Waals surface area contributed by atoms with E-state index in [1.54, 1.807) is 7.11 Å². The highest BCUT2D eigenvalue weighted by Crippen LogP contribution is 2.42. The molecule has 1 rings (SSSR count). The van der Waals surface area contributed by atoms with E-state index in [0.717, 1.165) is 31.2 Å². The lowest BCUT2D eigenvalue weighted by atomic mass is 9.85. The zero-order valence-electron chi connectivity index (χ0n) is 17.8. The molecule has 0 aliphatic heterocycles. The molecule has 0 aliphatic rings. The predicted molar refractivity (Wildman–Crippen MR) is 111 cm³/mol. The van der Waals surface area contributed by atoms with Gasteiger partial charge in [0, 0.05) is 13.7 Å². The third kappa shape index (κ3) is 6.86. The summed E-state index contributed by atoms with van der Waals surface area (Å²) >= 11 is 0. The molecule has 0 saturated heterocycles. The van der Waals surface area contributed by atoms with Crippen LogP contribution in [0.4, 0.5) is 0 Å². The first-order chi connectivity index (χ1) is 13.1. The Hall–Kier alpha value is -0.940. The summed E-state index contributed by atoms with van der Waals surface area (Å²) in [7, 11) is 1.55. The van der Waals surface area contributed by atoms with Crippen LogP contribution in [0.2, 0.25) is 0 Å². The molecule has 4 nitrogen and oxygen atoms in total. The van der Waals surface area contributed by atoms with Crippen LogP contribution in [-0.4, -0.2) is 31.4 Å². The van der Waals surface area contributed by atoms with Gasteiger partial charge in [-0.25, -0.2) is 0 Å². The number of unbranched alkanes of at least 4 members (excludes halogenated alkanes) is 6. The molecule has 1 N–H and O–H groups in total. The Morgan fingerprint density at radius 1 is 0.815 bits per heavy atom. The summed E-state index contributed by atoms with van der Waals surface area (Å²) in [6, 6.07) is 9.65. The second kappa shape index (κ2) is 13.3. The lowest BCUT2D eigenvalue weighted by Crippen LogP contribution is -2.57. The monoisotopic (exact) mass is 380 g/mol. The summed E-state index contributed by atoms with van der Waals surface area (Å²) in [6.45, 7) is 7.10. The number of ether oxygens (including phenoxy) is 3. The smallest absolute Gasteiger partial charge is 0.317 e. The first-order valence-electron chi connectivity index (χ1n) is 10.7. The zero-order valence-corrected chi connectivity index (χ0v) is 17.8. The largest absolute Gasteiger partial charge is 0.377 e. The van der Waals surface area contributed by atoms with Crippen LogP contribution in [0, 0.1) is 0 Å². The average molecular weight is 381 g/mol. The van der Waals surface area contributed by atoms with Crippen molar-refractivity contribution in [3.63, 3.8) is 0 Å². The highest BCUT2D eigenvalue weighted by molar-refractivity contribution is 5.24. The summed E-state index contributed by atoms with van der Waals surface area (Å²) in [5, 5.41) is 11.9. The van der Waals surface area contributed by atoms with Gasteiger partial charge in [-0.05, 0) is 31.7 Å². The Labute approximate surface area is 166 Å². The van der Waals surface area contributed by atoms with Crippen LogP contribution in [0.25, 0.3) is 0 Å². The van der Waals surface area contributed by atoms with Crippen LogP contribution < -0.4 is 0 Å². The molecular formula is C23H40O4. The van der Waals surface area contributed by atoms with Gasteiger partial charge in [-0.1, -0.05) is 82.7 Å². The lowest BCUT2D eigenvalue weighted by Gasteiger charge is -2.45. The second-order valence-electron chi connectivity index (χ2n) is 7.14. The SMILES string of the molecule is CCCCCCCCC(O)(c1ccccc1)C(OC)(OCC)OCCCC. The number of aliphatic hydroxyl groups is 1. The van der Waals surface area contributed by atoms with E-state index in [9.17, 15) is 5.11 Å². The molecule has 156 valence electrons. The maximum absolute atomic E-state index is 11.9. The first-order valence-corrected chi connectivity index (χ1v) is 10.7. The lowest BCUT2D eigenvalue weighted by molar-refractivity contribution is -0.440. The van der Waals surface area contributed by atoms with Gasteiger partial charge in [0.25, 0.3) is 0 Å². The van der Waals surface area contributed by atoms with E-state index in [-0.39, 0.29) is 0 Å². The Kier molecular flexibility index (Phi) is 11.8. The normalized spacial score (nSPS) is 16.0. The molecular weight excluding hydrogens is 340 g/mol. The van der Waals surface area contributed by atoms with E-state index in [4.69, 9.17) is 14.2 Å². The van der Waals surface area contributed by atoms with Crippen LogP contribution in [-0.2, 0) is 19.8 Å². The molecule has 0 radical (unpaired) electrons. The summed E-state index contributed by atoms with van der Waals surface area (Å²) in [5.41, 5.74) is -0.595. The number of rotatable bonds is 16. The van der Waals surface area contributed by atoms with Crippen molar-refractivity contribution in [1.82, 2.24) is 0 Å². The fourth-order valence-electron chi connectivity index (χ4n) is 3.46. The maximum Gasteiger partial charge on any atom is 0.317 e.